The molecule has 0 unspecified atom stereocenters. The average molecular weight is 501 g/mol. The second kappa shape index (κ2) is 10.6. The highest BCUT2D eigenvalue weighted by molar-refractivity contribution is 7.89. The lowest BCUT2D eigenvalue weighted by atomic mass is 9.95. The van der Waals surface area contributed by atoms with Gasteiger partial charge in [0.2, 0.25) is 15.9 Å². The summed E-state index contributed by atoms with van der Waals surface area (Å²) in [5, 5.41) is 2.24. The fraction of sp³-hybridized carbons (Fsp3) is 0.435. The van der Waals surface area contributed by atoms with Gasteiger partial charge in [-0.25, -0.2) is 8.42 Å². The number of rotatable bonds is 8. The first kappa shape index (κ1) is 25.8. The molecule has 1 N–H and O–H groups in total. The number of benzene rings is 2. The predicted molar refractivity (Wildman–Crippen MR) is 120 cm³/mol. The molecule has 1 aliphatic carbocycles. The van der Waals surface area contributed by atoms with Crippen molar-refractivity contribution >= 4 is 21.6 Å². The molecule has 186 valence electrons. The van der Waals surface area contributed by atoms with E-state index < -0.39 is 45.9 Å². The summed E-state index contributed by atoms with van der Waals surface area (Å²) in [5.74, 6) is -0.311. The molecule has 1 aliphatic rings. The van der Waals surface area contributed by atoms with Crippen LogP contribution >= 0.6 is 0 Å². The van der Waals surface area contributed by atoms with E-state index in [0.29, 0.717) is 18.6 Å². The number of para-hydroxylation sites is 1. The molecular formula is C23H27F3N2O5S. The van der Waals surface area contributed by atoms with Crippen LogP contribution in [0.25, 0.3) is 0 Å². The van der Waals surface area contributed by atoms with Crippen LogP contribution in [0.4, 0.5) is 18.9 Å². The van der Waals surface area contributed by atoms with E-state index in [1.807, 2.05) is 0 Å². The van der Waals surface area contributed by atoms with Crippen LogP contribution in [0, 0.1) is 0 Å². The van der Waals surface area contributed by atoms with E-state index >= 15 is 0 Å². The van der Waals surface area contributed by atoms with E-state index in [2.05, 4.69) is 5.32 Å². The number of nitrogens with zero attached hydrogens (tertiary/aromatic N) is 1. The predicted octanol–water partition coefficient (Wildman–Crippen LogP) is 4.68. The second-order valence-corrected chi connectivity index (χ2v) is 9.84. The van der Waals surface area contributed by atoms with Crippen LogP contribution in [0.2, 0.25) is 0 Å². The van der Waals surface area contributed by atoms with Crippen LogP contribution in [0.3, 0.4) is 0 Å². The van der Waals surface area contributed by atoms with Crippen molar-refractivity contribution in [1.29, 1.82) is 0 Å². The summed E-state index contributed by atoms with van der Waals surface area (Å²) in [5.41, 5.74) is -1.43. The number of halogens is 3. The second-order valence-electron chi connectivity index (χ2n) is 7.95. The number of alkyl halides is 3. The Hall–Kier alpha value is -2.79. The van der Waals surface area contributed by atoms with Crippen molar-refractivity contribution in [1.82, 2.24) is 4.31 Å². The van der Waals surface area contributed by atoms with Gasteiger partial charge in [-0.05, 0) is 37.1 Å². The number of amides is 1. The van der Waals surface area contributed by atoms with Gasteiger partial charge in [0.05, 0.1) is 36.9 Å². The lowest BCUT2D eigenvalue weighted by Gasteiger charge is -2.33. The van der Waals surface area contributed by atoms with Crippen LogP contribution in [0.1, 0.15) is 37.7 Å². The van der Waals surface area contributed by atoms with Gasteiger partial charge < -0.3 is 14.8 Å². The maximum absolute atomic E-state index is 13.6. The topological polar surface area (TPSA) is 84.9 Å². The minimum Gasteiger partial charge on any atom is -0.493 e. The Morgan fingerprint density at radius 3 is 2.29 bits per heavy atom. The van der Waals surface area contributed by atoms with E-state index in [9.17, 15) is 26.4 Å². The number of anilines is 1. The van der Waals surface area contributed by atoms with Gasteiger partial charge in [-0.1, -0.05) is 31.4 Å². The third-order valence-electron chi connectivity index (χ3n) is 5.75. The van der Waals surface area contributed by atoms with Gasteiger partial charge in [0.15, 0.2) is 11.5 Å². The molecule has 0 saturated heterocycles. The van der Waals surface area contributed by atoms with Crippen molar-refractivity contribution in [3.63, 3.8) is 0 Å². The molecule has 11 heteroatoms. The molecule has 2 aromatic rings. The third kappa shape index (κ3) is 5.82. The molecule has 0 atom stereocenters. The number of nitrogens with one attached hydrogen (secondary N) is 1. The lowest BCUT2D eigenvalue weighted by molar-refractivity contribution is -0.137. The van der Waals surface area contributed by atoms with Crippen LogP contribution in [-0.4, -0.2) is 45.4 Å². The zero-order chi connectivity index (χ0) is 24.9. The first-order chi connectivity index (χ1) is 16.1. The van der Waals surface area contributed by atoms with Crippen molar-refractivity contribution in [3.8, 4) is 11.5 Å². The van der Waals surface area contributed by atoms with Crippen LogP contribution < -0.4 is 14.8 Å². The van der Waals surface area contributed by atoms with Gasteiger partial charge in [0.25, 0.3) is 0 Å². The number of ether oxygens (including phenoxy) is 2. The monoisotopic (exact) mass is 500 g/mol. The molecule has 3 rings (SSSR count). The maximum atomic E-state index is 13.6. The van der Waals surface area contributed by atoms with E-state index in [-0.39, 0.29) is 10.6 Å². The van der Waals surface area contributed by atoms with Crippen molar-refractivity contribution in [2.45, 2.75) is 49.2 Å². The minimum absolute atomic E-state index is 0.0979. The van der Waals surface area contributed by atoms with Crippen LogP contribution in [0.15, 0.2) is 47.4 Å². The maximum Gasteiger partial charge on any atom is 0.418 e. The summed E-state index contributed by atoms with van der Waals surface area (Å²) >= 11 is 0. The van der Waals surface area contributed by atoms with Crippen LogP contribution in [-0.2, 0) is 21.0 Å². The molecule has 1 amide bonds. The third-order valence-corrected chi connectivity index (χ3v) is 7.64. The molecule has 1 fully saturated rings. The summed E-state index contributed by atoms with van der Waals surface area (Å²) in [6, 6.07) is 8.23. The fourth-order valence-electron chi connectivity index (χ4n) is 4.06. The van der Waals surface area contributed by atoms with Crippen LogP contribution in [0.5, 0.6) is 11.5 Å². The molecule has 0 heterocycles. The highest BCUT2D eigenvalue weighted by atomic mass is 32.2. The smallest absolute Gasteiger partial charge is 0.418 e. The van der Waals surface area contributed by atoms with Gasteiger partial charge in [0, 0.05) is 12.1 Å². The zero-order valence-corrected chi connectivity index (χ0v) is 19.7. The van der Waals surface area contributed by atoms with Crippen molar-refractivity contribution in [2.75, 3.05) is 26.1 Å². The lowest BCUT2D eigenvalue weighted by Crippen LogP contribution is -2.45. The first-order valence-corrected chi connectivity index (χ1v) is 12.2. The number of hydrogen-bond acceptors (Lipinski definition) is 5. The molecule has 1 saturated carbocycles. The largest absolute Gasteiger partial charge is 0.493 e. The standard InChI is InChI=1S/C23H27F3N2O5S/c1-32-20-13-12-17(14-21(20)33-2)34(30,31)28(16-8-4-3-5-9-16)15-22(29)27-19-11-7-6-10-18(19)23(24,25)26/h6-7,10-14,16H,3-5,8-9,15H2,1-2H3,(H,27,29). The van der Waals surface area contributed by atoms with E-state index in [1.54, 1.807) is 0 Å². The molecule has 7 nitrogen and oxygen atoms in total. The van der Waals surface area contributed by atoms with Gasteiger partial charge >= 0.3 is 6.18 Å². The summed E-state index contributed by atoms with van der Waals surface area (Å²) in [4.78, 5) is 12.7. The quantitative estimate of drug-likeness (QED) is 0.569. The zero-order valence-electron chi connectivity index (χ0n) is 18.9. The Kier molecular flexibility index (Phi) is 8.09. The Morgan fingerprint density at radius 2 is 1.68 bits per heavy atom. The number of hydrogen-bond donors (Lipinski definition) is 1. The summed E-state index contributed by atoms with van der Waals surface area (Å²) < 4.78 is 78.6. The molecule has 0 aliphatic heterocycles. The number of carbonyl (C=O) groups is 1. The average Bonchev–Trinajstić information content (AvgIpc) is 2.82. The van der Waals surface area contributed by atoms with Gasteiger partial charge in [-0.2, -0.15) is 17.5 Å². The normalized spacial score (nSPS) is 15.2. The molecule has 0 radical (unpaired) electrons. The van der Waals surface area contributed by atoms with Crippen molar-refractivity contribution in [2.24, 2.45) is 0 Å². The Bertz CT molecular complexity index is 1120. The van der Waals surface area contributed by atoms with E-state index in [1.165, 1.54) is 44.6 Å². The molecule has 0 aromatic heterocycles. The Balaban J connectivity index is 1.92. The summed E-state index contributed by atoms with van der Waals surface area (Å²) in [7, 11) is -1.38. The van der Waals surface area contributed by atoms with Crippen molar-refractivity contribution < 1.29 is 35.9 Å². The molecule has 2 aromatic carbocycles. The van der Waals surface area contributed by atoms with E-state index in [0.717, 1.165) is 35.7 Å². The van der Waals surface area contributed by atoms with Gasteiger partial charge in [-0.3, -0.25) is 4.79 Å². The van der Waals surface area contributed by atoms with Gasteiger partial charge in [-0.15, -0.1) is 0 Å². The molecule has 34 heavy (non-hydrogen) atoms. The highest BCUT2D eigenvalue weighted by Crippen LogP contribution is 2.35. The van der Waals surface area contributed by atoms with E-state index in [4.69, 9.17) is 9.47 Å². The molecule has 0 bridgehead atoms. The number of methoxy groups -OCH3 is 2. The SMILES string of the molecule is COc1ccc(S(=O)(=O)N(CC(=O)Nc2ccccc2C(F)(F)F)C2CCCCC2)cc1OC. The number of sulfonamides is 1. The fourth-order valence-corrected chi connectivity index (χ4v) is 5.72. The summed E-state index contributed by atoms with van der Waals surface area (Å²) in [6.45, 7) is -0.618. The Morgan fingerprint density at radius 1 is 1.03 bits per heavy atom. The Labute approximate surface area is 196 Å². The first-order valence-electron chi connectivity index (χ1n) is 10.8. The highest BCUT2D eigenvalue weighted by Gasteiger charge is 2.36. The molecular weight excluding hydrogens is 473 g/mol. The summed E-state index contributed by atoms with van der Waals surface area (Å²) in [6.07, 6.45) is -1.02. The van der Waals surface area contributed by atoms with Crippen molar-refractivity contribution in [3.05, 3.63) is 48.0 Å². The van der Waals surface area contributed by atoms with Gasteiger partial charge in [0.1, 0.15) is 0 Å². The molecule has 0 spiro atoms. The number of carbonyl (C=O) groups excluding carboxylic acids is 1. The minimum atomic E-state index is -4.67.